The van der Waals surface area contributed by atoms with E-state index < -0.39 is 17.9 Å². The van der Waals surface area contributed by atoms with E-state index in [4.69, 9.17) is 9.47 Å². The van der Waals surface area contributed by atoms with Crippen LogP contribution in [0.25, 0.3) is 11.1 Å². The normalized spacial score (nSPS) is 16.1. The minimum absolute atomic E-state index is 0. The van der Waals surface area contributed by atoms with Gasteiger partial charge in [-0.15, -0.1) is 0 Å². The molecule has 0 aromatic heterocycles. The second-order valence-corrected chi connectivity index (χ2v) is 11.9. The number of aliphatic carboxylic acids is 1. The van der Waals surface area contributed by atoms with Gasteiger partial charge in [0.25, 0.3) is 5.91 Å². The zero-order valence-corrected chi connectivity index (χ0v) is 25.9. The molecule has 214 valence electrons. The van der Waals surface area contributed by atoms with Crippen LogP contribution in [-0.4, -0.2) is 48.2 Å². The fourth-order valence-corrected chi connectivity index (χ4v) is 5.87. The maximum absolute atomic E-state index is 13.3. The fourth-order valence-electron chi connectivity index (χ4n) is 5.40. The molecule has 0 bridgehead atoms. The molecule has 0 spiro atoms. The van der Waals surface area contributed by atoms with Gasteiger partial charge < -0.3 is 24.7 Å². The monoisotopic (exact) mass is 561 g/mol. The topological polar surface area (TPSA) is 87.7 Å². The van der Waals surface area contributed by atoms with Crippen LogP contribution in [0.4, 0.5) is 0 Å². The van der Waals surface area contributed by atoms with E-state index in [1.54, 1.807) is 6.07 Å². The Labute approximate surface area is 256 Å². The second-order valence-electron chi connectivity index (χ2n) is 10.9. The number of thioether (sulfide) groups is 1. The quantitative estimate of drug-likeness (QED) is 0.357. The molecule has 3 rings (SSSR count). The number of carbonyl (C=O) groups excluding carboxylic acids is 2. The van der Waals surface area contributed by atoms with E-state index in [1.807, 2.05) is 49.6 Å². The van der Waals surface area contributed by atoms with Crippen LogP contribution < -0.4 is 29.3 Å². The van der Waals surface area contributed by atoms with Gasteiger partial charge in [0.15, 0.2) is 0 Å². The molecular formula is C32H44LiNO5S. The van der Waals surface area contributed by atoms with Gasteiger partial charge in [-0.3, -0.25) is 4.79 Å². The van der Waals surface area contributed by atoms with Crippen LogP contribution in [0.3, 0.4) is 0 Å². The Morgan fingerprint density at radius 2 is 1.75 bits per heavy atom. The van der Waals surface area contributed by atoms with Crippen LogP contribution in [0.5, 0.6) is 0 Å². The number of rotatable bonds is 14. The van der Waals surface area contributed by atoms with Crippen molar-refractivity contribution in [3.8, 4) is 11.1 Å². The second kappa shape index (κ2) is 17.3. The number of ether oxygens (including phenoxy) is 2. The van der Waals surface area contributed by atoms with Gasteiger partial charge in [-0.2, -0.15) is 11.8 Å². The first kappa shape index (κ1) is 34.4. The first-order valence-corrected chi connectivity index (χ1v) is 15.6. The smallest absolute Gasteiger partial charge is 0.548 e. The van der Waals surface area contributed by atoms with Crippen molar-refractivity contribution in [2.75, 3.05) is 12.0 Å². The third-order valence-corrected chi connectivity index (χ3v) is 8.13. The molecular weight excluding hydrogens is 517 g/mol. The van der Waals surface area contributed by atoms with Crippen molar-refractivity contribution in [2.45, 2.75) is 97.2 Å². The molecule has 0 aliphatic heterocycles. The van der Waals surface area contributed by atoms with Gasteiger partial charge >= 0.3 is 18.9 Å². The summed E-state index contributed by atoms with van der Waals surface area (Å²) in [4.78, 5) is 25.0. The Morgan fingerprint density at radius 3 is 2.38 bits per heavy atom. The number of aryl methyl sites for hydroxylation is 1. The zero-order chi connectivity index (χ0) is 28.4. The molecule has 8 heteroatoms. The van der Waals surface area contributed by atoms with Gasteiger partial charge in [-0.05, 0) is 99.3 Å². The zero-order valence-electron chi connectivity index (χ0n) is 25.0. The summed E-state index contributed by atoms with van der Waals surface area (Å²) >= 11 is 1.53. The molecule has 3 atom stereocenters. The molecule has 1 unspecified atom stereocenters. The van der Waals surface area contributed by atoms with Crippen molar-refractivity contribution in [1.82, 2.24) is 5.32 Å². The van der Waals surface area contributed by atoms with Crippen molar-refractivity contribution in [1.29, 1.82) is 0 Å². The minimum Gasteiger partial charge on any atom is -0.548 e. The molecule has 1 aliphatic carbocycles. The van der Waals surface area contributed by atoms with Crippen LogP contribution in [0.15, 0.2) is 42.5 Å². The maximum atomic E-state index is 13.3. The Hall–Kier alpha value is -1.75. The van der Waals surface area contributed by atoms with E-state index in [0.717, 1.165) is 22.3 Å². The van der Waals surface area contributed by atoms with E-state index >= 15 is 0 Å². The summed E-state index contributed by atoms with van der Waals surface area (Å²) < 4.78 is 12.7. The van der Waals surface area contributed by atoms with Crippen LogP contribution in [-0.2, 0) is 20.9 Å². The average molecular weight is 562 g/mol. The van der Waals surface area contributed by atoms with Crippen molar-refractivity contribution in [3.05, 3.63) is 59.2 Å². The Kier molecular flexibility index (Phi) is 14.9. The number of hydrogen-bond acceptors (Lipinski definition) is 6. The molecule has 2 aromatic carbocycles. The first-order chi connectivity index (χ1) is 18.7. The fraction of sp³-hybridized carbons (Fsp3) is 0.562. The molecule has 40 heavy (non-hydrogen) atoms. The number of carboxylic acid groups (broad SMARTS) is 1. The molecule has 0 heterocycles. The predicted octanol–water partition coefficient (Wildman–Crippen LogP) is 2.55. The van der Waals surface area contributed by atoms with Crippen LogP contribution >= 0.6 is 11.8 Å². The predicted molar refractivity (Wildman–Crippen MR) is 157 cm³/mol. The number of carbonyl (C=O) groups is 2. The van der Waals surface area contributed by atoms with Crippen molar-refractivity contribution in [2.24, 2.45) is 5.92 Å². The van der Waals surface area contributed by atoms with E-state index in [0.29, 0.717) is 30.3 Å². The summed E-state index contributed by atoms with van der Waals surface area (Å²) in [5.74, 6) is -0.579. The van der Waals surface area contributed by atoms with E-state index in [1.165, 1.54) is 43.9 Å². The standard InChI is InChI=1S/C32H45NO5S.Li/c1-21(2)38-30(25-12-7-6-8-13-25)23(4)37-20-24-15-16-27(28(19-24)26-14-10-9-11-22(26)3)31(34)33-29(32(35)36)17-18-39-5;/h9-11,14-16,19,21,23,25,29-30H,6-8,12-13,17-18,20H2,1-5H3,(H,33,34)(H,35,36);/q;+1/p-1/t23-,29-,30?;/m0./s1. The summed E-state index contributed by atoms with van der Waals surface area (Å²) in [6.07, 6.45) is 8.46. The molecule has 0 radical (unpaired) electrons. The Balaban J connectivity index is 0.00000560. The summed E-state index contributed by atoms with van der Waals surface area (Å²) in [6, 6.07) is 12.5. The third-order valence-electron chi connectivity index (χ3n) is 7.48. The number of nitrogens with one attached hydrogen (secondary N) is 1. The molecule has 1 fully saturated rings. The maximum Gasteiger partial charge on any atom is 1.00 e. The van der Waals surface area contributed by atoms with Crippen molar-refractivity contribution >= 4 is 23.6 Å². The largest absolute Gasteiger partial charge is 1.00 e. The van der Waals surface area contributed by atoms with Gasteiger partial charge in [0.05, 0.1) is 36.9 Å². The van der Waals surface area contributed by atoms with E-state index in [-0.39, 0.29) is 37.2 Å². The SMILES string of the molecule is CSCC[C@H](NC(=O)c1ccc(CO[C@@H](C)C(OC(C)C)C2CCCCC2)cc1-c1ccccc1C)C(=O)[O-].[Li+]. The molecule has 2 aromatic rings. The summed E-state index contributed by atoms with van der Waals surface area (Å²) in [5, 5.41) is 14.3. The molecule has 1 N–H and O–H groups in total. The number of carboxylic acids is 1. The molecule has 6 nitrogen and oxygen atoms in total. The van der Waals surface area contributed by atoms with Gasteiger partial charge in [-0.25, -0.2) is 0 Å². The number of benzene rings is 2. The average Bonchev–Trinajstić information content (AvgIpc) is 2.93. The van der Waals surface area contributed by atoms with Crippen LogP contribution in [0.2, 0.25) is 0 Å². The van der Waals surface area contributed by atoms with Crippen LogP contribution in [0.1, 0.15) is 80.8 Å². The van der Waals surface area contributed by atoms with Crippen LogP contribution in [0, 0.1) is 12.8 Å². The number of hydrogen-bond donors (Lipinski definition) is 1. The minimum atomic E-state index is -1.27. The van der Waals surface area contributed by atoms with Gasteiger partial charge in [0.2, 0.25) is 0 Å². The molecule has 1 amide bonds. The van der Waals surface area contributed by atoms with Crippen molar-refractivity contribution in [3.63, 3.8) is 0 Å². The molecule has 1 saturated carbocycles. The van der Waals surface area contributed by atoms with Crippen molar-refractivity contribution < 1.29 is 43.0 Å². The summed E-state index contributed by atoms with van der Waals surface area (Å²) in [6.45, 7) is 8.64. The first-order valence-electron chi connectivity index (χ1n) is 14.2. The van der Waals surface area contributed by atoms with Gasteiger partial charge in [-0.1, -0.05) is 49.6 Å². The summed E-state index contributed by atoms with van der Waals surface area (Å²) in [5.41, 5.74) is 4.08. The Morgan fingerprint density at radius 1 is 1.05 bits per heavy atom. The van der Waals surface area contributed by atoms with Gasteiger partial charge in [0.1, 0.15) is 0 Å². The van der Waals surface area contributed by atoms with Gasteiger partial charge in [0, 0.05) is 5.56 Å². The molecule has 1 aliphatic rings. The Bertz CT molecular complexity index is 1090. The molecule has 0 saturated heterocycles. The third kappa shape index (κ3) is 9.96. The summed E-state index contributed by atoms with van der Waals surface area (Å²) in [7, 11) is 0. The van der Waals surface area contributed by atoms with E-state index in [9.17, 15) is 14.7 Å². The number of amides is 1. The van der Waals surface area contributed by atoms with E-state index in [2.05, 4.69) is 26.1 Å².